The fourth-order valence-electron chi connectivity index (χ4n) is 2.26. The number of carbonyl (C=O) groups excluding carboxylic acids is 1. The van der Waals surface area contributed by atoms with Crippen LogP contribution in [0.25, 0.3) is 0 Å². The molecular formula is C16H13ClFNO2. The van der Waals surface area contributed by atoms with Crippen LogP contribution in [0.1, 0.15) is 17.5 Å². The van der Waals surface area contributed by atoms with Gasteiger partial charge < -0.3 is 10.1 Å². The largest absolute Gasteiger partial charge is 0.489 e. The number of hydrogen-bond donors (Lipinski definition) is 1. The summed E-state index contributed by atoms with van der Waals surface area (Å²) in [5, 5.41) is 3.27. The van der Waals surface area contributed by atoms with Gasteiger partial charge in [-0.1, -0.05) is 17.7 Å². The Kier molecular flexibility index (Phi) is 3.80. The SMILES string of the molecule is O=C1CCc2ccc(OCc3cc(F)ccc3Cl)cc2N1. The lowest BCUT2D eigenvalue weighted by molar-refractivity contribution is -0.116. The summed E-state index contributed by atoms with van der Waals surface area (Å²) in [7, 11) is 0. The van der Waals surface area contributed by atoms with Crippen molar-refractivity contribution in [3.8, 4) is 5.75 Å². The molecule has 0 fully saturated rings. The Bertz CT molecular complexity index is 703. The average Bonchev–Trinajstić information content (AvgIpc) is 2.47. The standard InChI is InChI=1S/C16H13ClFNO2/c17-14-5-3-12(18)7-11(14)9-21-13-4-1-10-2-6-16(20)19-15(10)8-13/h1,3-5,7-8H,2,6,9H2,(H,19,20). The number of carbonyl (C=O) groups is 1. The van der Waals surface area contributed by atoms with E-state index >= 15 is 0 Å². The van der Waals surface area contributed by atoms with E-state index < -0.39 is 0 Å². The van der Waals surface area contributed by atoms with Gasteiger partial charge in [-0.2, -0.15) is 0 Å². The molecule has 0 radical (unpaired) electrons. The number of halogens is 2. The van der Waals surface area contributed by atoms with Crippen LogP contribution in [-0.2, 0) is 17.8 Å². The van der Waals surface area contributed by atoms with E-state index in [4.69, 9.17) is 16.3 Å². The van der Waals surface area contributed by atoms with Crippen LogP contribution >= 0.6 is 11.6 Å². The molecule has 2 aromatic rings. The second-order valence-corrected chi connectivity index (χ2v) is 5.30. The van der Waals surface area contributed by atoms with E-state index in [1.54, 1.807) is 6.07 Å². The zero-order valence-electron chi connectivity index (χ0n) is 11.2. The van der Waals surface area contributed by atoms with Gasteiger partial charge in [-0.15, -0.1) is 0 Å². The molecule has 0 bridgehead atoms. The Labute approximate surface area is 126 Å². The highest BCUT2D eigenvalue weighted by Crippen LogP contribution is 2.28. The number of rotatable bonds is 3. The summed E-state index contributed by atoms with van der Waals surface area (Å²) in [6.45, 7) is 0.170. The number of benzene rings is 2. The topological polar surface area (TPSA) is 38.3 Å². The number of anilines is 1. The van der Waals surface area contributed by atoms with Crippen LogP contribution in [0.5, 0.6) is 5.75 Å². The van der Waals surface area contributed by atoms with Gasteiger partial charge in [0.05, 0.1) is 0 Å². The fraction of sp³-hybridized carbons (Fsp3) is 0.188. The molecule has 2 aromatic carbocycles. The maximum atomic E-state index is 13.2. The molecule has 0 aliphatic carbocycles. The van der Waals surface area contributed by atoms with Crippen LogP contribution in [0.4, 0.5) is 10.1 Å². The summed E-state index contributed by atoms with van der Waals surface area (Å²) in [6, 6.07) is 9.70. The van der Waals surface area contributed by atoms with Crippen molar-refractivity contribution >= 4 is 23.2 Å². The Balaban J connectivity index is 1.75. The van der Waals surface area contributed by atoms with Gasteiger partial charge in [-0.25, -0.2) is 4.39 Å². The molecule has 1 aliphatic heterocycles. The first-order valence-corrected chi connectivity index (χ1v) is 6.99. The van der Waals surface area contributed by atoms with E-state index in [1.165, 1.54) is 18.2 Å². The lowest BCUT2D eigenvalue weighted by atomic mass is 10.0. The normalized spacial score (nSPS) is 13.5. The molecule has 3 rings (SSSR count). The molecule has 0 unspecified atom stereocenters. The summed E-state index contributed by atoms with van der Waals surface area (Å²) >= 11 is 5.99. The molecule has 1 heterocycles. The summed E-state index contributed by atoms with van der Waals surface area (Å²) in [4.78, 5) is 11.4. The molecule has 0 aromatic heterocycles. The van der Waals surface area contributed by atoms with Crippen molar-refractivity contribution in [1.29, 1.82) is 0 Å². The molecule has 5 heteroatoms. The Morgan fingerprint density at radius 1 is 1.19 bits per heavy atom. The van der Waals surface area contributed by atoms with Crippen LogP contribution in [0.3, 0.4) is 0 Å². The first-order chi connectivity index (χ1) is 10.1. The summed E-state index contributed by atoms with van der Waals surface area (Å²) < 4.78 is 18.8. The van der Waals surface area contributed by atoms with Crippen LogP contribution < -0.4 is 10.1 Å². The molecule has 1 N–H and O–H groups in total. The van der Waals surface area contributed by atoms with Gasteiger partial charge in [-0.3, -0.25) is 4.79 Å². The lowest BCUT2D eigenvalue weighted by Gasteiger charge is -2.18. The van der Waals surface area contributed by atoms with Gasteiger partial charge >= 0.3 is 0 Å². The zero-order valence-corrected chi connectivity index (χ0v) is 11.9. The number of ether oxygens (including phenoxy) is 1. The molecule has 0 atom stereocenters. The summed E-state index contributed by atoms with van der Waals surface area (Å²) in [5.41, 5.74) is 2.44. The van der Waals surface area contributed by atoms with Gasteiger partial charge in [0.1, 0.15) is 18.2 Å². The summed E-state index contributed by atoms with van der Waals surface area (Å²) in [6.07, 6.45) is 1.24. The molecule has 0 spiro atoms. The van der Waals surface area contributed by atoms with Gasteiger partial charge in [-0.05, 0) is 36.2 Å². The molecule has 0 saturated heterocycles. The first kappa shape index (κ1) is 13.9. The zero-order chi connectivity index (χ0) is 14.8. The van der Waals surface area contributed by atoms with Gasteiger partial charge in [0.15, 0.2) is 0 Å². The van der Waals surface area contributed by atoms with Gasteiger partial charge in [0, 0.05) is 28.8 Å². The smallest absolute Gasteiger partial charge is 0.224 e. The van der Waals surface area contributed by atoms with Crippen molar-refractivity contribution in [2.75, 3.05) is 5.32 Å². The molecule has 0 saturated carbocycles. The lowest BCUT2D eigenvalue weighted by Crippen LogP contribution is -2.18. The van der Waals surface area contributed by atoms with E-state index in [0.29, 0.717) is 22.8 Å². The molecule has 108 valence electrons. The number of nitrogens with one attached hydrogen (secondary N) is 1. The minimum atomic E-state index is -0.351. The van der Waals surface area contributed by atoms with E-state index in [9.17, 15) is 9.18 Å². The minimum absolute atomic E-state index is 0.00725. The highest BCUT2D eigenvalue weighted by molar-refractivity contribution is 6.31. The molecule has 1 amide bonds. The minimum Gasteiger partial charge on any atom is -0.489 e. The van der Waals surface area contributed by atoms with Crippen molar-refractivity contribution in [2.45, 2.75) is 19.4 Å². The molecule has 3 nitrogen and oxygen atoms in total. The third kappa shape index (κ3) is 3.16. The predicted molar refractivity (Wildman–Crippen MR) is 79.1 cm³/mol. The second-order valence-electron chi connectivity index (χ2n) is 4.89. The van der Waals surface area contributed by atoms with Crippen LogP contribution in [0, 0.1) is 5.82 Å². The third-order valence-corrected chi connectivity index (χ3v) is 3.75. The van der Waals surface area contributed by atoms with Crippen molar-refractivity contribution in [1.82, 2.24) is 0 Å². The van der Waals surface area contributed by atoms with Crippen LogP contribution in [0.15, 0.2) is 36.4 Å². The first-order valence-electron chi connectivity index (χ1n) is 6.61. The van der Waals surface area contributed by atoms with E-state index in [-0.39, 0.29) is 18.3 Å². The van der Waals surface area contributed by atoms with Gasteiger partial charge in [0.2, 0.25) is 5.91 Å². The molecular weight excluding hydrogens is 293 g/mol. The van der Waals surface area contributed by atoms with Crippen LogP contribution in [0.2, 0.25) is 5.02 Å². The number of aryl methyl sites for hydroxylation is 1. The Hall–Kier alpha value is -2.07. The number of fused-ring (bicyclic) bond motifs is 1. The van der Waals surface area contributed by atoms with Gasteiger partial charge in [0.25, 0.3) is 0 Å². The van der Waals surface area contributed by atoms with E-state index in [0.717, 1.165) is 17.7 Å². The quantitative estimate of drug-likeness (QED) is 0.932. The second kappa shape index (κ2) is 5.74. The van der Waals surface area contributed by atoms with Crippen molar-refractivity contribution < 1.29 is 13.9 Å². The monoisotopic (exact) mass is 305 g/mol. The maximum absolute atomic E-state index is 13.2. The summed E-state index contributed by atoms with van der Waals surface area (Å²) in [5.74, 6) is 0.264. The van der Waals surface area contributed by atoms with Crippen LogP contribution in [-0.4, -0.2) is 5.91 Å². The predicted octanol–water partition coefficient (Wildman–Crippen LogP) is 3.94. The van der Waals surface area contributed by atoms with E-state index in [2.05, 4.69) is 5.32 Å². The number of amides is 1. The third-order valence-electron chi connectivity index (χ3n) is 3.38. The number of hydrogen-bond acceptors (Lipinski definition) is 2. The highest BCUT2D eigenvalue weighted by atomic mass is 35.5. The average molecular weight is 306 g/mol. The van der Waals surface area contributed by atoms with Crippen molar-refractivity contribution in [2.24, 2.45) is 0 Å². The maximum Gasteiger partial charge on any atom is 0.224 e. The van der Waals surface area contributed by atoms with E-state index in [1.807, 2.05) is 12.1 Å². The highest BCUT2D eigenvalue weighted by Gasteiger charge is 2.15. The molecule has 21 heavy (non-hydrogen) atoms. The van der Waals surface area contributed by atoms with Crippen molar-refractivity contribution in [3.05, 3.63) is 58.4 Å². The Morgan fingerprint density at radius 2 is 2.05 bits per heavy atom. The van der Waals surface area contributed by atoms with Crippen molar-refractivity contribution in [3.63, 3.8) is 0 Å². The Morgan fingerprint density at radius 3 is 2.90 bits per heavy atom. The molecule has 1 aliphatic rings. The fourth-order valence-corrected chi connectivity index (χ4v) is 2.43.